The lowest BCUT2D eigenvalue weighted by molar-refractivity contribution is 0.0995. The standard InChI is InChI=1S/C24H28ClN3O2S/c1-3-19-16-20(24(31-19)26-23(29)21-6-5-15-30-21)22(17-7-9-18(25)10-8-17)28-13-11-27(4-2)12-14-28/h5-10,15-16,22H,3-4,11-14H2,1-2H3,(H,26,29)/t22-/m0/s1. The molecule has 1 atom stereocenters. The molecule has 0 aliphatic carbocycles. The first kappa shape index (κ1) is 22.1. The molecule has 1 aliphatic rings. The number of thiophene rings is 1. The van der Waals surface area contributed by atoms with E-state index >= 15 is 0 Å². The number of halogens is 1. The quantitative estimate of drug-likeness (QED) is 0.506. The summed E-state index contributed by atoms with van der Waals surface area (Å²) in [4.78, 5) is 19.0. The Morgan fingerprint density at radius 3 is 2.52 bits per heavy atom. The lowest BCUT2D eigenvalue weighted by Crippen LogP contribution is -2.47. The van der Waals surface area contributed by atoms with Crippen LogP contribution < -0.4 is 5.32 Å². The van der Waals surface area contributed by atoms with E-state index in [2.05, 4.69) is 47.2 Å². The second-order valence-corrected chi connectivity index (χ2v) is 9.28. The van der Waals surface area contributed by atoms with Gasteiger partial charge in [-0.1, -0.05) is 37.6 Å². The third kappa shape index (κ3) is 5.04. The highest BCUT2D eigenvalue weighted by Crippen LogP contribution is 2.40. The number of aryl methyl sites for hydroxylation is 1. The van der Waals surface area contributed by atoms with Gasteiger partial charge in [-0.05, 0) is 48.9 Å². The molecule has 5 nitrogen and oxygen atoms in total. The normalized spacial score (nSPS) is 16.4. The molecule has 0 bridgehead atoms. The van der Waals surface area contributed by atoms with Crippen LogP contribution in [0.2, 0.25) is 5.02 Å². The van der Waals surface area contributed by atoms with Crippen LogP contribution in [0.4, 0.5) is 5.00 Å². The van der Waals surface area contributed by atoms with E-state index < -0.39 is 0 Å². The van der Waals surface area contributed by atoms with E-state index in [-0.39, 0.29) is 11.9 Å². The molecule has 0 saturated carbocycles. The van der Waals surface area contributed by atoms with E-state index in [0.717, 1.165) is 54.7 Å². The molecule has 1 amide bonds. The number of likely N-dealkylation sites (N-methyl/N-ethyl adjacent to an activating group) is 1. The zero-order valence-corrected chi connectivity index (χ0v) is 19.5. The Balaban J connectivity index is 1.71. The van der Waals surface area contributed by atoms with Crippen molar-refractivity contribution in [3.05, 3.63) is 75.5 Å². The number of hydrogen-bond acceptors (Lipinski definition) is 5. The van der Waals surface area contributed by atoms with Gasteiger partial charge in [-0.25, -0.2) is 0 Å². The van der Waals surface area contributed by atoms with Gasteiger partial charge >= 0.3 is 0 Å². The molecule has 3 heterocycles. The van der Waals surface area contributed by atoms with Crippen LogP contribution in [-0.2, 0) is 6.42 Å². The minimum atomic E-state index is -0.221. The van der Waals surface area contributed by atoms with Crippen LogP contribution in [0.15, 0.2) is 53.1 Å². The summed E-state index contributed by atoms with van der Waals surface area (Å²) in [5, 5.41) is 4.72. The molecule has 1 fully saturated rings. The Bertz CT molecular complexity index is 993. The number of carbonyl (C=O) groups is 1. The highest BCUT2D eigenvalue weighted by atomic mass is 35.5. The van der Waals surface area contributed by atoms with Crippen LogP contribution >= 0.6 is 22.9 Å². The smallest absolute Gasteiger partial charge is 0.291 e. The predicted octanol–water partition coefficient (Wildman–Crippen LogP) is 5.54. The van der Waals surface area contributed by atoms with Crippen LogP contribution in [0.25, 0.3) is 0 Å². The van der Waals surface area contributed by atoms with Crippen molar-refractivity contribution in [2.45, 2.75) is 26.3 Å². The Hall–Kier alpha value is -2.12. The van der Waals surface area contributed by atoms with Crippen molar-refractivity contribution in [3.8, 4) is 0 Å². The molecule has 1 saturated heterocycles. The van der Waals surface area contributed by atoms with Crippen molar-refractivity contribution >= 4 is 33.8 Å². The first-order valence-electron chi connectivity index (χ1n) is 10.8. The maximum absolute atomic E-state index is 12.8. The maximum atomic E-state index is 12.8. The molecule has 1 aliphatic heterocycles. The monoisotopic (exact) mass is 457 g/mol. The van der Waals surface area contributed by atoms with Crippen LogP contribution in [0.3, 0.4) is 0 Å². The Morgan fingerprint density at radius 1 is 1.16 bits per heavy atom. The molecule has 3 aromatic rings. The lowest BCUT2D eigenvalue weighted by atomic mass is 9.97. The fourth-order valence-corrected chi connectivity index (χ4v) is 5.23. The van der Waals surface area contributed by atoms with Gasteiger partial charge in [0.1, 0.15) is 5.00 Å². The van der Waals surface area contributed by atoms with E-state index in [9.17, 15) is 4.79 Å². The van der Waals surface area contributed by atoms with Crippen LogP contribution in [-0.4, -0.2) is 48.4 Å². The second kappa shape index (κ2) is 10.0. The number of nitrogens with one attached hydrogen (secondary N) is 1. The number of nitrogens with zero attached hydrogens (tertiary/aromatic N) is 2. The van der Waals surface area contributed by atoms with Gasteiger partial charge in [-0.2, -0.15) is 0 Å². The Kier molecular flexibility index (Phi) is 7.13. The van der Waals surface area contributed by atoms with Gasteiger partial charge in [0.15, 0.2) is 5.76 Å². The zero-order valence-electron chi connectivity index (χ0n) is 17.9. The molecule has 2 aromatic heterocycles. The molecule has 1 aromatic carbocycles. The van der Waals surface area contributed by atoms with Gasteiger partial charge in [-0.15, -0.1) is 11.3 Å². The van der Waals surface area contributed by atoms with Gasteiger partial charge in [-0.3, -0.25) is 9.69 Å². The largest absolute Gasteiger partial charge is 0.459 e. The molecular weight excluding hydrogens is 430 g/mol. The first-order chi connectivity index (χ1) is 15.1. The molecule has 31 heavy (non-hydrogen) atoms. The molecule has 0 radical (unpaired) electrons. The topological polar surface area (TPSA) is 48.7 Å². The van der Waals surface area contributed by atoms with Crippen LogP contribution in [0, 0.1) is 0 Å². The first-order valence-corrected chi connectivity index (χ1v) is 12.0. The number of amides is 1. The van der Waals surface area contributed by atoms with Gasteiger partial charge in [0.2, 0.25) is 0 Å². The molecule has 7 heteroatoms. The summed E-state index contributed by atoms with van der Waals surface area (Å²) in [6.07, 6.45) is 2.44. The fourth-order valence-electron chi connectivity index (χ4n) is 4.08. The van der Waals surface area contributed by atoms with E-state index in [4.69, 9.17) is 16.0 Å². The van der Waals surface area contributed by atoms with Crippen LogP contribution in [0.1, 0.15) is 46.4 Å². The second-order valence-electron chi connectivity index (χ2n) is 7.71. The molecular formula is C24H28ClN3O2S. The number of hydrogen-bond donors (Lipinski definition) is 1. The third-order valence-electron chi connectivity index (χ3n) is 5.83. The number of furan rings is 1. The summed E-state index contributed by atoms with van der Waals surface area (Å²) in [6.45, 7) is 9.46. The van der Waals surface area contributed by atoms with Crippen molar-refractivity contribution in [3.63, 3.8) is 0 Å². The Labute approximate surface area is 192 Å². The molecule has 0 unspecified atom stereocenters. The SMILES string of the molecule is CCc1cc([C@H](c2ccc(Cl)cc2)N2CCN(CC)CC2)c(NC(=O)c2ccco2)s1. The molecule has 164 valence electrons. The number of carbonyl (C=O) groups excluding carboxylic acids is 1. The van der Waals surface area contributed by atoms with Gasteiger partial charge in [0.25, 0.3) is 5.91 Å². The summed E-state index contributed by atoms with van der Waals surface area (Å²) in [5.41, 5.74) is 2.32. The van der Waals surface area contributed by atoms with Crippen molar-refractivity contribution in [1.82, 2.24) is 9.80 Å². The van der Waals surface area contributed by atoms with E-state index in [1.807, 2.05) is 12.1 Å². The van der Waals surface area contributed by atoms with Gasteiger partial charge in [0.05, 0.1) is 12.3 Å². The zero-order chi connectivity index (χ0) is 21.8. The number of piperazine rings is 1. The molecule has 1 N–H and O–H groups in total. The van der Waals surface area contributed by atoms with E-state index in [1.165, 1.54) is 16.7 Å². The Morgan fingerprint density at radius 2 is 1.90 bits per heavy atom. The lowest BCUT2D eigenvalue weighted by Gasteiger charge is -2.39. The van der Waals surface area contributed by atoms with Crippen molar-refractivity contribution in [1.29, 1.82) is 0 Å². The molecule has 4 rings (SSSR count). The van der Waals surface area contributed by atoms with E-state index in [0.29, 0.717) is 5.76 Å². The van der Waals surface area contributed by atoms with Crippen molar-refractivity contribution < 1.29 is 9.21 Å². The third-order valence-corrected chi connectivity index (χ3v) is 7.29. The summed E-state index contributed by atoms with van der Waals surface area (Å²) in [7, 11) is 0. The van der Waals surface area contributed by atoms with Crippen molar-refractivity contribution in [2.75, 3.05) is 38.0 Å². The maximum Gasteiger partial charge on any atom is 0.291 e. The highest BCUT2D eigenvalue weighted by Gasteiger charge is 2.30. The highest BCUT2D eigenvalue weighted by molar-refractivity contribution is 7.16. The average Bonchev–Trinajstić information content (AvgIpc) is 3.46. The predicted molar refractivity (Wildman–Crippen MR) is 127 cm³/mol. The summed E-state index contributed by atoms with van der Waals surface area (Å²) in [5.74, 6) is 0.0958. The minimum absolute atomic E-state index is 0.0553. The number of anilines is 1. The fraction of sp³-hybridized carbons (Fsp3) is 0.375. The van der Waals surface area contributed by atoms with Gasteiger partial charge < -0.3 is 14.6 Å². The van der Waals surface area contributed by atoms with Crippen LogP contribution in [0.5, 0.6) is 0 Å². The number of benzene rings is 1. The number of rotatable bonds is 7. The van der Waals surface area contributed by atoms with Gasteiger partial charge in [0, 0.05) is 41.6 Å². The van der Waals surface area contributed by atoms with Crippen molar-refractivity contribution in [2.24, 2.45) is 0 Å². The van der Waals surface area contributed by atoms with E-state index in [1.54, 1.807) is 23.5 Å². The average molecular weight is 458 g/mol. The summed E-state index contributed by atoms with van der Waals surface area (Å²) >= 11 is 7.83. The summed E-state index contributed by atoms with van der Waals surface area (Å²) in [6, 6.07) is 13.8. The summed E-state index contributed by atoms with van der Waals surface area (Å²) < 4.78 is 5.30. The molecule has 0 spiro atoms. The minimum Gasteiger partial charge on any atom is -0.459 e.